The summed E-state index contributed by atoms with van der Waals surface area (Å²) in [7, 11) is 0. The van der Waals surface area contributed by atoms with Gasteiger partial charge in [-0.25, -0.2) is 4.98 Å². The molecule has 1 heterocycles. The lowest BCUT2D eigenvalue weighted by Crippen LogP contribution is -2.14. The number of rotatable bonds is 5. The van der Waals surface area contributed by atoms with Gasteiger partial charge in [0.15, 0.2) is 5.13 Å². The van der Waals surface area contributed by atoms with Crippen molar-refractivity contribution in [3.63, 3.8) is 0 Å². The third-order valence-corrected chi connectivity index (χ3v) is 4.08. The van der Waals surface area contributed by atoms with Crippen LogP contribution in [0, 0.1) is 5.41 Å². The molecule has 1 aromatic heterocycles. The molecule has 2 rings (SSSR count). The van der Waals surface area contributed by atoms with Crippen LogP contribution in [0.15, 0.2) is 5.38 Å². The van der Waals surface area contributed by atoms with Crippen molar-refractivity contribution in [1.82, 2.24) is 4.98 Å². The molecule has 0 bridgehead atoms. The molecule has 0 amide bonds. The summed E-state index contributed by atoms with van der Waals surface area (Å²) in [6.45, 7) is 5.54. The van der Waals surface area contributed by atoms with Gasteiger partial charge in [0, 0.05) is 11.9 Å². The van der Waals surface area contributed by atoms with Crippen LogP contribution in [0.2, 0.25) is 0 Å². The number of hydrogen-bond donors (Lipinski definition) is 1. The molecule has 1 saturated carbocycles. The summed E-state index contributed by atoms with van der Waals surface area (Å²) in [6, 6.07) is 0. The predicted octanol–water partition coefficient (Wildman–Crippen LogP) is 3.31. The standard InChI is InChI=1S/C11H18N2S/c1-3-9-7-14-10(13-9)12-8-11(4-2)5-6-11/h7H,3-6,8H2,1-2H3,(H,12,13). The van der Waals surface area contributed by atoms with Crippen molar-refractivity contribution in [1.29, 1.82) is 0 Å². The lowest BCUT2D eigenvalue weighted by atomic mass is 10.0. The SMILES string of the molecule is CCc1csc(NCC2(CC)CC2)n1. The van der Waals surface area contributed by atoms with Crippen LogP contribution >= 0.6 is 11.3 Å². The highest BCUT2D eigenvalue weighted by atomic mass is 32.1. The summed E-state index contributed by atoms with van der Waals surface area (Å²) in [5, 5.41) is 6.71. The van der Waals surface area contributed by atoms with Crippen LogP contribution < -0.4 is 5.32 Å². The predicted molar refractivity (Wildman–Crippen MR) is 61.9 cm³/mol. The van der Waals surface area contributed by atoms with E-state index in [2.05, 4.69) is 29.5 Å². The Bertz CT molecular complexity index is 302. The maximum Gasteiger partial charge on any atom is 0.182 e. The summed E-state index contributed by atoms with van der Waals surface area (Å²) < 4.78 is 0. The number of anilines is 1. The van der Waals surface area contributed by atoms with Gasteiger partial charge in [0.2, 0.25) is 0 Å². The number of nitrogens with zero attached hydrogens (tertiary/aromatic N) is 1. The summed E-state index contributed by atoms with van der Waals surface area (Å²) >= 11 is 1.73. The molecular weight excluding hydrogens is 192 g/mol. The first-order valence-corrected chi connectivity index (χ1v) is 6.34. The Morgan fingerprint density at radius 1 is 1.50 bits per heavy atom. The zero-order chi connectivity index (χ0) is 10.0. The highest BCUT2D eigenvalue weighted by molar-refractivity contribution is 7.13. The fourth-order valence-corrected chi connectivity index (χ4v) is 2.44. The van der Waals surface area contributed by atoms with E-state index in [0.717, 1.165) is 18.1 Å². The molecule has 0 aliphatic heterocycles. The van der Waals surface area contributed by atoms with Gasteiger partial charge in [-0.05, 0) is 31.1 Å². The minimum atomic E-state index is 0.609. The maximum absolute atomic E-state index is 4.50. The number of nitrogens with one attached hydrogen (secondary N) is 1. The second-order valence-electron chi connectivity index (χ2n) is 4.20. The fourth-order valence-electron chi connectivity index (χ4n) is 1.65. The van der Waals surface area contributed by atoms with E-state index in [1.165, 1.54) is 25.0 Å². The minimum absolute atomic E-state index is 0.609. The number of hydrogen-bond acceptors (Lipinski definition) is 3. The molecule has 14 heavy (non-hydrogen) atoms. The largest absolute Gasteiger partial charge is 0.361 e. The van der Waals surface area contributed by atoms with Gasteiger partial charge >= 0.3 is 0 Å². The van der Waals surface area contributed by atoms with Crippen LogP contribution in [0.3, 0.4) is 0 Å². The molecule has 0 atom stereocenters. The van der Waals surface area contributed by atoms with Gasteiger partial charge in [-0.15, -0.1) is 11.3 Å². The van der Waals surface area contributed by atoms with Crippen molar-refractivity contribution in [2.45, 2.75) is 39.5 Å². The van der Waals surface area contributed by atoms with Crippen LogP contribution in [-0.2, 0) is 6.42 Å². The van der Waals surface area contributed by atoms with Crippen molar-refractivity contribution in [3.05, 3.63) is 11.1 Å². The first kappa shape index (κ1) is 9.97. The summed E-state index contributed by atoms with van der Waals surface area (Å²) in [6.07, 6.45) is 5.12. The molecule has 1 aromatic rings. The van der Waals surface area contributed by atoms with Crippen molar-refractivity contribution in [2.75, 3.05) is 11.9 Å². The van der Waals surface area contributed by atoms with Gasteiger partial charge in [0.1, 0.15) is 0 Å². The fraction of sp³-hybridized carbons (Fsp3) is 0.727. The number of aromatic nitrogens is 1. The molecule has 0 spiro atoms. The molecule has 0 radical (unpaired) electrons. The van der Waals surface area contributed by atoms with Crippen molar-refractivity contribution >= 4 is 16.5 Å². The van der Waals surface area contributed by atoms with E-state index in [9.17, 15) is 0 Å². The lowest BCUT2D eigenvalue weighted by molar-refractivity contribution is 0.521. The van der Waals surface area contributed by atoms with Crippen LogP contribution in [0.4, 0.5) is 5.13 Å². The smallest absolute Gasteiger partial charge is 0.182 e. The Hall–Kier alpha value is -0.570. The van der Waals surface area contributed by atoms with Crippen molar-refractivity contribution < 1.29 is 0 Å². The van der Waals surface area contributed by atoms with E-state index < -0.39 is 0 Å². The Labute approximate surface area is 89.8 Å². The van der Waals surface area contributed by atoms with Gasteiger partial charge in [-0.2, -0.15) is 0 Å². The molecule has 1 fully saturated rings. The van der Waals surface area contributed by atoms with Crippen LogP contribution in [0.5, 0.6) is 0 Å². The number of thiazole rings is 1. The van der Waals surface area contributed by atoms with Gasteiger partial charge in [0.05, 0.1) is 5.69 Å². The summed E-state index contributed by atoms with van der Waals surface area (Å²) in [5.74, 6) is 0. The highest BCUT2D eigenvalue weighted by Crippen LogP contribution is 2.48. The van der Waals surface area contributed by atoms with Crippen LogP contribution in [0.1, 0.15) is 38.8 Å². The highest BCUT2D eigenvalue weighted by Gasteiger charge is 2.40. The normalized spacial score (nSPS) is 18.1. The minimum Gasteiger partial charge on any atom is -0.361 e. The third kappa shape index (κ3) is 2.08. The van der Waals surface area contributed by atoms with Crippen LogP contribution in [-0.4, -0.2) is 11.5 Å². The molecule has 0 saturated heterocycles. The summed E-state index contributed by atoms with van der Waals surface area (Å²) in [4.78, 5) is 4.50. The molecule has 1 N–H and O–H groups in total. The summed E-state index contributed by atoms with van der Waals surface area (Å²) in [5.41, 5.74) is 1.82. The second kappa shape index (κ2) is 3.89. The quantitative estimate of drug-likeness (QED) is 0.806. The lowest BCUT2D eigenvalue weighted by Gasteiger charge is -2.11. The third-order valence-electron chi connectivity index (χ3n) is 3.24. The topological polar surface area (TPSA) is 24.9 Å². The van der Waals surface area contributed by atoms with Gasteiger partial charge in [0.25, 0.3) is 0 Å². The zero-order valence-electron chi connectivity index (χ0n) is 8.97. The van der Waals surface area contributed by atoms with E-state index in [0.29, 0.717) is 5.41 Å². The first-order chi connectivity index (χ1) is 6.78. The van der Waals surface area contributed by atoms with E-state index in [1.807, 2.05) is 0 Å². The maximum atomic E-state index is 4.50. The van der Waals surface area contributed by atoms with Crippen molar-refractivity contribution in [2.24, 2.45) is 5.41 Å². The van der Waals surface area contributed by atoms with Gasteiger partial charge in [-0.3, -0.25) is 0 Å². The molecule has 3 heteroatoms. The van der Waals surface area contributed by atoms with Gasteiger partial charge in [-0.1, -0.05) is 13.8 Å². The van der Waals surface area contributed by atoms with E-state index in [-0.39, 0.29) is 0 Å². The van der Waals surface area contributed by atoms with Crippen molar-refractivity contribution in [3.8, 4) is 0 Å². The molecule has 0 aromatic carbocycles. The molecule has 1 aliphatic rings. The Morgan fingerprint density at radius 2 is 2.29 bits per heavy atom. The Kier molecular flexibility index (Phi) is 2.77. The number of aryl methyl sites for hydroxylation is 1. The molecule has 1 aliphatic carbocycles. The first-order valence-electron chi connectivity index (χ1n) is 5.46. The molecular formula is C11H18N2S. The van der Waals surface area contributed by atoms with Gasteiger partial charge < -0.3 is 5.32 Å². The monoisotopic (exact) mass is 210 g/mol. The zero-order valence-corrected chi connectivity index (χ0v) is 9.78. The molecule has 2 nitrogen and oxygen atoms in total. The van der Waals surface area contributed by atoms with E-state index >= 15 is 0 Å². The average molecular weight is 210 g/mol. The molecule has 78 valence electrons. The van der Waals surface area contributed by atoms with Crippen LogP contribution in [0.25, 0.3) is 0 Å². The van der Waals surface area contributed by atoms with E-state index in [4.69, 9.17) is 0 Å². The second-order valence-corrected chi connectivity index (χ2v) is 5.06. The average Bonchev–Trinajstić information content (AvgIpc) is 2.86. The Morgan fingerprint density at radius 3 is 2.79 bits per heavy atom. The molecule has 0 unspecified atom stereocenters. The van der Waals surface area contributed by atoms with E-state index in [1.54, 1.807) is 11.3 Å². The Balaban J connectivity index is 1.85.